The van der Waals surface area contributed by atoms with Gasteiger partial charge in [-0.3, -0.25) is 0 Å². The largest absolute Gasteiger partial charge is 0.385 e. The van der Waals surface area contributed by atoms with Gasteiger partial charge in [0.05, 0.1) is 0 Å². The summed E-state index contributed by atoms with van der Waals surface area (Å²) < 4.78 is 0. The molecule has 1 aromatic carbocycles. The molecule has 0 heterocycles. The molecule has 0 aliphatic rings. The fourth-order valence-electron chi connectivity index (χ4n) is 1.66. The Kier molecular flexibility index (Phi) is 4.67. The molecule has 0 amide bonds. The Bertz CT molecular complexity index is 289. The number of nitrogens with one attached hydrogen (secondary N) is 1. The number of hydrogen-bond acceptors (Lipinski definition) is 1. The van der Waals surface area contributed by atoms with Crippen molar-refractivity contribution in [2.45, 2.75) is 40.0 Å². The van der Waals surface area contributed by atoms with E-state index in [-0.39, 0.29) is 0 Å². The number of benzene rings is 1. The molecular formula is C14H23N. The maximum Gasteiger partial charge on any atom is 0.0375 e. The summed E-state index contributed by atoms with van der Waals surface area (Å²) in [5.41, 5.74) is 2.72. The predicted octanol–water partition coefficient (Wildman–Crippen LogP) is 4.27. The third kappa shape index (κ3) is 3.94. The summed E-state index contributed by atoms with van der Waals surface area (Å²) >= 11 is 0. The Morgan fingerprint density at radius 2 is 1.73 bits per heavy atom. The minimum atomic E-state index is 0.591. The lowest BCUT2D eigenvalue weighted by Crippen LogP contribution is -2.07. The fourth-order valence-corrected chi connectivity index (χ4v) is 1.66. The van der Waals surface area contributed by atoms with Gasteiger partial charge in [0.1, 0.15) is 0 Å². The highest BCUT2D eigenvalue weighted by atomic mass is 14.9. The molecule has 1 rings (SSSR count). The lowest BCUT2D eigenvalue weighted by atomic mass is 10.0. The van der Waals surface area contributed by atoms with Crippen LogP contribution < -0.4 is 5.32 Å². The summed E-state index contributed by atoms with van der Waals surface area (Å²) in [5, 5.41) is 3.53. The van der Waals surface area contributed by atoms with Crippen LogP contribution in [0.3, 0.4) is 0 Å². The van der Waals surface area contributed by atoms with Gasteiger partial charge < -0.3 is 5.32 Å². The highest BCUT2D eigenvalue weighted by molar-refractivity contribution is 5.52. The molecule has 0 saturated heterocycles. The van der Waals surface area contributed by atoms with Crippen LogP contribution in [0, 0.1) is 5.92 Å². The quantitative estimate of drug-likeness (QED) is 0.757. The van der Waals surface area contributed by atoms with E-state index in [0.29, 0.717) is 5.92 Å². The minimum Gasteiger partial charge on any atom is -0.385 e. The third-order valence-electron chi connectivity index (χ3n) is 2.62. The first-order valence-electron chi connectivity index (χ1n) is 5.94. The van der Waals surface area contributed by atoms with Crippen LogP contribution in [-0.2, 0) is 0 Å². The van der Waals surface area contributed by atoms with Crippen LogP contribution in [0.1, 0.15) is 45.6 Å². The molecule has 0 aromatic heterocycles. The fraction of sp³-hybridized carbons (Fsp3) is 0.571. The Morgan fingerprint density at radius 3 is 2.33 bits per heavy atom. The second-order valence-corrected chi connectivity index (χ2v) is 4.85. The SMILES string of the molecule is CC(C)CCNc1ccccc1C(C)C. The monoisotopic (exact) mass is 205 g/mol. The summed E-state index contributed by atoms with van der Waals surface area (Å²) in [7, 11) is 0. The van der Waals surface area contributed by atoms with Crippen LogP contribution in [0.4, 0.5) is 5.69 Å². The normalized spacial score (nSPS) is 11.1. The molecule has 0 bridgehead atoms. The van der Waals surface area contributed by atoms with E-state index in [4.69, 9.17) is 0 Å². The van der Waals surface area contributed by atoms with Crippen LogP contribution in [0.25, 0.3) is 0 Å². The van der Waals surface area contributed by atoms with E-state index in [9.17, 15) is 0 Å². The second-order valence-electron chi connectivity index (χ2n) is 4.85. The first kappa shape index (κ1) is 12.1. The van der Waals surface area contributed by atoms with E-state index in [0.717, 1.165) is 12.5 Å². The Hall–Kier alpha value is -0.980. The van der Waals surface area contributed by atoms with E-state index >= 15 is 0 Å². The number of hydrogen-bond donors (Lipinski definition) is 1. The Morgan fingerprint density at radius 1 is 1.07 bits per heavy atom. The number of rotatable bonds is 5. The van der Waals surface area contributed by atoms with Gasteiger partial charge in [-0.05, 0) is 29.9 Å². The van der Waals surface area contributed by atoms with Crippen molar-refractivity contribution in [3.8, 4) is 0 Å². The molecule has 84 valence electrons. The van der Waals surface area contributed by atoms with E-state index in [1.807, 2.05) is 0 Å². The average Bonchev–Trinajstić information content (AvgIpc) is 2.17. The Balaban J connectivity index is 2.59. The van der Waals surface area contributed by atoms with Crippen LogP contribution in [0.2, 0.25) is 0 Å². The first-order chi connectivity index (χ1) is 7.11. The highest BCUT2D eigenvalue weighted by Gasteiger charge is 2.04. The lowest BCUT2D eigenvalue weighted by Gasteiger charge is -2.15. The molecule has 15 heavy (non-hydrogen) atoms. The predicted molar refractivity (Wildman–Crippen MR) is 68.5 cm³/mol. The van der Waals surface area contributed by atoms with Crippen molar-refractivity contribution in [3.63, 3.8) is 0 Å². The topological polar surface area (TPSA) is 12.0 Å². The summed E-state index contributed by atoms with van der Waals surface area (Å²) in [5.74, 6) is 1.36. The molecule has 0 aliphatic heterocycles. The first-order valence-corrected chi connectivity index (χ1v) is 5.94. The lowest BCUT2D eigenvalue weighted by molar-refractivity contribution is 0.607. The minimum absolute atomic E-state index is 0.591. The molecule has 1 nitrogen and oxygen atoms in total. The molecular weight excluding hydrogens is 182 g/mol. The molecule has 1 N–H and O–H groups in total. The summed E-state index contributed by atoms with van der Waals surface area (Å²) in [6.45, 7) is 10.1. The van der Waals surface area contributed by atoms with Gasteiger partial charge in [0.25, 0.3) is 0 Å². The molecule has 0 saturated carbocycles. The van der Waals surface area contributed by atoms with Gasteiger partial charge in [-0.15, -0.1) is 0 Å². The standard InChI is InChI=1S/C14H23N/c1-11(2)9-10-15-14-8-6-5-7-13(14)12(3)4/h5-8,11-12,15H,9-10H2,1-4H3. The van der Waals surface area contributed by atoms with Crippen LogP contribution in [0.5, 0.6) is 0 Å². The number of anilines is 1. The molecule has 1 heteroatoms. The maximum absolute atomic E-state index is 3.53. The van der Waals surface area contributed by atoms with E-state index in [1.54, 1.807) is 0 Å². The van der Waals surface area contributed by atoms with Crippen molar-refractivity contribution in [2.75, 3.05) is 11.9 Å². The van der Waals surface area contributed by atoms with Crippen molar-refractivity contribution in [1.29, 1.82) is 0 Å². The zero-order valence-corrected chi connectivity index (χ0v) is 10.4. The third-order valence-corrected chi connectivity index (χ3v) is 2.62. The zero-order valence-electron chi connectivity index (χ0n) is 10.4. The molecule has 0 radical (unpaired) electrons. The Labute approximate surface area is 93.9 Å². The molecule has 0 unspecified atom stereocenters. The molecule has 1 aromatic rings. The van der Waals surface area contributed by atoms with E-state index in [2.05, 4.69) is 57.3 Å². The smallest absolute Gasteiger partial charge is 0.0375 e. The maximum atomic E-state index is 3.53. The second kappa shape index (κ2) is 5.79. The summed E-state index contributed by atoms with van der Waals surface area (Å²) in [6.07, 6.45) is 1.23. The van der Waals surface area contributed by atoms with E-state index < -0.39 is 0 Å². The van der Waals surface area contributed by atoms with Crippen molar-refractivity contribution in [3.05, 3.63) is 29.8 Å². The zero-order chi connectivity index (χ0) is 11.3. The van der Waals surface area contributed by atoms with Gasteiger partial charge in [0.2, 0.25) is 0 Å². The summed E-state index contributed by atoms with van der Waals surface area (Å²) in [6, 6.07) is 8.60. The van der Waals surface area contributed by atoms with Crippen LogP contribution >= 0.6 is 0 Å². The summed E-state index contributed by atoms with van der Waals surface area (Å²) in [4.78, 5) is 0. The van der Waals surface area contributed by atoms with Crippen molar-refractivity contribution < 1.29 is 0 Å². The van der Waals surface area contributed by atoms with E-state index in [1.165, 1.54) is 17.7 Å². The van der Waals surface area contributed by atoms with Gasteiger partial charge in [-0.25, -0.2) is 0 Å². The van der Waals surface area contributed by atoms with Gasteiger partial charge in [0.15, 0.2) is 0 Å². The number of para-hydroxylation sites is 1. The van der Waals surface area contributed by atoms with Crippen molar-refractivity contribution >= 4 is 5.69 Å². The molecule has 0 fully saturated rings. The molecule has 0 atom stereocenters. The van der Waals surface area contributed by atoms with Gasteiger partial charge in [0, 0.05) is 12.2 Å². The highest BCUT2D eigenvalue weighted by Crippen LogP contribution is 2.23. The molecule has 0 aliphatic carbocycles. The van der Waals surface area contributed by atoms with Gasteiger partial charge >= 0.3 is 0 Å². The van der Waals surface area contributed by atoms with Crippen molar-refractivity contribution in [2.24, 2.45) is 5.92 Å². The van der Waals surface area contributed by atoms with Gasteiger partial charge in [-0.2, -0.15) is 0 Å². The molecule has 0 spiro atoms. The van der Waals surface area contributed by atoms with Crippen LogP contribution in [-0.4, -0.2) is 6.54 Å². The van der Waals surface area contributed by atoms with Crippen LogP contribution in [0.15, 0.2) is 24.3 Å². The van der Waals surface area contributed by atoms with Crippen molar-refractivity contribution in [1.82, 2.24) is 0 Å². The average molecular weight is 205 g/mol. The van der Waals surface area contributed by atoms with Gasteiger partial charge in [-0.1, -0.05) is 45.9 Å².